The SMILES string of the molecule is OO[O+](O)OO[O+](O)OO. The molecule has 0 rings (SSSR count). The van der Waals surface area contributed by atoms with Crippen LogP contribution in [-0.4, -0.2) is 21.0 Å². The third-order valence-corrected chi connectivity index (χ3v) is 0.272. The van der Waals surface area contributed by atoms with Crippen molar-refractivity contribution in [2.75, 3.05) is 0 Å². The van der Waals surface area contributed by atoms with Crippen LogP contribution in [0.1, 0.15) is 0 Å². The molecule has 0 aromatic rings. The van der Waals surface area contributed by atoms with Crippen molar-refractivity contribution in [1.82, 2.24) is 0 Å². The summed E-state index contributed by atoms with van der Waals surface area (Å²) in [6.07, 6.45) is 0. The van der Waals surface area contributed by atoms with Crippen LogP contribution in [0.5, 0.6) is 0 Å². The predicted octanol–water partition coefficient (Wildman–Crippen LogP) is -0.376. The van der Waals surface area contributed by atoms with E-state index < -0.39 is 0 Å². The average molecular weight is 164 g/mol. The molecule has 0 aromatic heterocycles. The zero-order valence-electron chi connectivity index (χ0n) is 4.24. The Morgan fingerprint density at radius 2 is 1.10 bits per heavy atom. The minimum Gasteiger partial charge on any atom is -0.174 e. The molecule has 0 radical (unpaired) electrons. The van der Waals surface area contributed by atoms with Gasteiger partial charge in [-0.3, -0.25) is 0 Å². The van der Waals surface area contributed by atoms with Gasteiger partial charge < -0.3 is 0 Å². The van der Waals surface area contributed by atoms with Crippen LogP contribution < -0.4 is 0 Å². The lowest BCUT2D eigenvalue weighted by Crippen LogP contribution is -2.16. The lowest BCUT2D eigenvalue weighted by molar-refractivity contribution is -1.01. The smallest absolute Gasteiger partial charge is 0.174 e. The van der Waals surface area contributed by atoms with Gasteiger partial charge in [-0.2, -0.15) is 10.5 Å². The zero-order chi connectivity index (χ0) is 7.98. The van der Waals surface area contributed by atoms with Crippen molar-refractivity contribution in [1.29, 1.82) is 0 Å². The van der Waals surface area contributed by atoms with Crippen LogP contribution in [0, 0.1) is 0 Å². The molecule has 10 heteroatoms. The van der Waals surface area contributed by atoms with E-state index in [0.29, 0.717) is 0 Å². The van der Waals surface area contributed by atoms with Gasteiger partial charge in [-0.25, -0.2) is 0 Å². The van der Waals surface area contributed by atoms with E-state index in [1.165, 1.54) is 0 Å². The minimum atomic E-state index is 0.00111. The second-order valence-electron chi connectivity index (χ2n) is 0.719. The molecule has 0 spiro atoms. The van der Waals surface area contributed by atoms with Crippen molar-refractivity contribution in [3.63, 3.8) is 0 Å². The van der Waals surface area contributed by atoms with Crippen LogP contribution in [0.2, 0.25) is 0 Å². The van der Waals surface area contributed by atoms with Crippen LogP contribution >= 0.6 is 0 Å². The molecule has 62 valence electrons. The van der Waals surface area contributed by atoms with Gasteiger partial charge in [0.1, 0.15) is 0 Å². The molecular formula is H4O10+2. The van der Waals surface area contributed by atoms with E-state index in [-0.39, 0.29) is 9.64 Å². The fourth-order valence-electron chi connectivity index (χ4n) is 0.0724. The summed E-state index contributed by atoms with van der Waals surface area (Å²) >= 11 is 0. The van der Waals surface area contributed by atoms with Gasteiger partial charge in [-0.05, 0) is 10.5 Å². The summed E-state index contributed by atoms with van der Waals surface area (Å²) in [5.41, 5.74) is 0. The largest absolute Gasteiger partial charge is 0.247 e. The molecule has 0 saturated heterocycles. The van der Waals surface area contributed by atoms with E-state index in [1.54, 1.807) is 0 Å². The second kappa shape index (κ2) is 5.39. The molecular weight excluding hydrogens is 160 g/mol. The predicted molar refractivity (Wildman–Crippen MR) is 17.0 cm³/mol. The zero-order valence-corrected chi connectivity index (χ0v) is 4.24. The Labute approximate surface area is 52.2 Å². The fourth-order valence-corrected chi connectivity index (χ4v) is 0.0724. The van der Waals surface area contributed by atoms with Crippen molar-refractivity contribution in [2.24, 2.45) is 0 Å². The monoisotopic (exact) mass is 164 g/mol. The van der Waals surface area contributed by atoms with Gasteiger partial charge in [0, 0.05) is 0 Å². The van der Waals surface area contributed by atoms with E-state index in [9.17, 15) is 0 Å². The first-order valence-corrected chi connectivity index (χ1v) is 1.56. The first-order chi connectivity index (χ1) is 4.70. The van der Waals surface area contributed by atoms with Crippen molar-refractivity contribution >= 4 is 0 Å². The van der Waals surface area contributed by atoms with Crippen molar-refractivity contribution in [3.8, 4) is 0 Å². The van der Waals surface area contributed by atoms with Gasteiger partial charge in [0.05, 0.1) is 0 Å². The fraction of sp³-hybridized carbons (Fsp3) is 0. The van der Waals surface area contributed by atoms with Crippen molar-refractivity contribution < 1.29 is 50.8 Å². The highest BCUT2D eigenvalue weighted by Gasteiger charge is 2.25. The van der Waals surface area contributed by atoms with Gasteiger partial charge in [0.25, 0.3) is 0 Å². The molecule has 0 amide bonds. The summed E-state index contributed by atoms with van der Waals surface area (Å²) in [6, 6.07) is 0. The van der Waals surface area contributed by atoms with Gasteiger partial charge in [0.2, 0.25) is 19.7 Å². The molecule has 0 bridgehead atoms. The first kappa shape index (κ1) is 9.60. The van der Waals surface area contributed by atoms with Gasteiger partial charge in [-0.1, -0.05) is 0 Å². The summed E-state index contributed by atoms with van der Waals surface area (Å²) < 4.78 is 0. The Hall–Kier alpha value is -0.400. The number of rotatable bonds is 5. The Bertz CT molecular complexity index is 56.4. The maximum atomic E-state index is 7.84. The van der Waals surface area contributed by atoms with Crippen molar-refractivity contribution in [2.45, 2.75) is 0 Å². The molecule has 4 N–H and O–H groups in total. The topological polar surface area (TPSA) is 123 Å². The Morgan fingerprint density at radius 3 is 1.30 bits per heavy atom. The molecule has 0 aliphatic carbocycles. The van der Waals surface area contributed by atoms with E-state index in [2.05, 4.69) is 20.2 Å². The molecule has 0 saturated carbocycles. The maximum absolute atomic E-state index is 7.84. The Morgan fingerprint density at radius 1 is 0.800 bits per heavy atom. The van der Waals surface area contributed by atoms with Gasteiger partial charge in [0.15, 0.2) is 10.1 Å². The van der Waals surface area contributed by atoms with E-state index >= 15 is 0 Å². The Balaban J connectivity index is 3.17. The lowest BCUT2D eigenvalue weighted by atomic mass is 13.9. The van der Waals surface area contributed by atoms with E-state index in [4.69, 9.17) is 21.0 Å². The molecule has 0 atom stereocenters. The standard InChI is InChI=1S/H2O10/c1-5-9(3)7-8-10(4)6-2/h3-4H/p+2. The maximum Gasteiger partial charge on any atom is 0.247 e. The molecule has 0 aromatic carbocycles. The second-order valence-corrected chi connectivity index (χ2v) is 0.719. The van der Waals surface area contributed by atoms with Crippen molar-refractivity contribution in [3.05, 3.63) is 0 Å². The van der Waals surface area contributed by atoms with E-state index in [1.807, 2.05) is 0 Å². The Kier molecular flexibility index (Phi) is 5.17. The molecule has 10 nitrogen and oxygen atoms in total. The quantitative estimate of drug-likeness (QED) is 0.246. The van der Waals surface area contributed by atoms with Gasteiger partial charge >= 0.3 is 0 Å². The third kappa shape index (κ3) is 4.48. The summed E-state index contributed by atoms with van der Waals surface area (Å²) in [5.74, 6) is 0. The van der Waals surface area contributed by atoms with E-state index in [0.717, 1.165) is 0 Å². The van der Waals surface area contributed by atoms with Gasteiger partial charge in [-0.15, -0.1) is 0 Å². The summed E-state index contributed by atoms with van der Waals surface area (Å²) in [7, 11) is 0. The molecule has 0 fully saturated rings. The highest BCUT2D eigenvalue weighted by molar-refractivity contribution is 3.12. The van der Waals surface area contributed by atoms with Crippen LogP contribution in [-0.2, 0) is 29.8 Å². The summed E-state index contributed by atoms with van der Waals surface area (Å²) in [5, 5.41) is 42.7. The summed E-state index contributed by atoms with van der Waals surface area (Å²) in [4.78, 5) is 0.00222. The minimum absolute atomic E-state index is 0.00111. The lowest BCUT2D eigenvalue weighted by Gasteiger charge is -1.89. The normalized spacial score (nSPS) is 11.4. The van der Waals surface area contributed by atoms with Crippen LogP contribution in [0.4, 0.5) is 0 Å². The molecule has 0 heterocycles. The number of hydrogen-bond acceptors (Lipinski definition) is 8. The third-order valence-electron chi connectivity index (χ3n) is 0.272. The molecule has 0 unspecified atom stereocenters. The average Bonchev–Trinajstić information content (AvgIpc) is 1.99. The van der Waals surface area contributed by atoms with Crippen LogP contribution in [0.15, 0.2) is 0 Å². The highest BCUT2D eigenvalue weighted by Crippen LogP contribution is 1.97. The number of hydrogen-bond donors (Lipinski definition) is 4. The highest BCUT2D eigenvalue weighted by atomic mass is 18.1. The first-order valence-electron chi connectivity index (χ1n) is 1.56. The molecule has 0 aliphatic rings. The molecule has 0 aliphatic heterocycles. The summed E-state index contributed by atoms with van der Waals surface area (Å²) in [6.45, 7) is 0. The van der Waals surface area contributed by atoms with Crippen LogP contribution in [0.3, 0.4) is 0 Å². The van der Waals surface area contributed by atoms with Crippen LogP contribution in [0.25, 0.3) is 0 Å². The molecule has 10 heavy (non-hydrogen) atoms.